The first kappa shape index (κ1) is 13.3. The molecule has 0 aromatic carbocycles. The van der Waals surface area contributed by atoms with Gasteiger partial charge in [0.15, 0.2) is 0 Å². The summed E-state index contributed by atoms with van der Waals surface area (Å²) in [5, 5.41) is 2.87. The van der Waals surface area contributed by atoms with Crippen LogP contribution < -0.4 is 11.1 Å². The second-order valence-electron chi connectivity index (χ2n) is 5.10. The predicted octanol–water partition coefficient (Wildman–Crippen LogP) is -0.258. The van der Waals surface area contributed by atoms with Gasteiger partial charge in [0.2, 0.25) is 0 Å². The van der Waals surface area contributed by atoms with Gasteiger partial charge in [0.1, 0.15) is 5.54 Å². The van der Waals surface area contributed by atoms with E-state index in [1.54, 1.807) is 0 Å². The van der Waals surface area contributed by atoms with Gasteiger partial charge in [-0.05, 0) is 25.8 Å². The largest absolute Gasteiger partial charge is 0.329 e. The second-order valence-corrected chi connectivity index (χ2v) is 5.10. The van der Waals surface area contributed by atoms with Gasteiger partial charge < -0.3 is 16.0 Å². The summed E-state index contributed by atoms with van der Waals surface area (Å²) in [6.07, 6.45) is 2.53. The topological polar surface area (TPSA) is 78.7 Å². The molecule has 2 fully saturated rings. The molecule has 3 N–H and O–H groups in total. The number of urea groups is 1. The molecule has 2 aliphatic heterocycles. The number of likely N-dealkylation sites (tertiary alicyclic amines) is 1. The van der Waals surface area contributed by atoms with Crippen molar-refractivity contribution in [1.29, 1.82) is 0 Å². The van der Waals surface area contributed by atoms with Crippen LogP contribution in [0.5, 0.6) is 0 Å². The highest BCUT2D eigenvalue weighted by Crippen LogP contribution is 2.29. The zero-order chi connectivity index (χ0) is 13.2. The first-order chi connectivity index (χ1) is 8.63. The van der Waals surface area contributed by atoms with E-state index >= 15 is 0 Å². The number of nitrogens with one attached hydrogen (secondary N) is 1. The van der Waals surface area contributed by atoms with Crippen LogP contribution in [-0.2, 0) is 4.79 Å². The molecular formula is C12H22N4O2. The Labute approximate surface area is 107 Å². The van der Waals surface area contributed by atoms with E-state index in [0.29, 0.717) is 25.9 Å². The van der Waals surface area contributed by atoms with Gasteiger partial charge in [-0.15, -0.1) is 0 Å². The lowest BCUT2D eigenvalue weighted by Gasteiger charge is -2.37. The molecule has 1 spiro atoms. The highest BCUT2D eigenvalue weighted by molar-refractivity contribution is 6.07. The van der Waals surface area contributed by atoms with E-state index in [2.05, 4.69) is 17.1 Å². The van der Waals surface area contributed by atoms with Crippen LogP contribution in [0.3, 0.4) is 0 Å². The number of rotatable bonds is 4. The Kier molecular flexibility index (Phi) is 3.87. The van der Waals surface area contributed by atoms with Gasteiger partial charge in [0, 0.05) is 26.2 Å². The molecule has 2 aliphatic rings. The molecule has 6 nitrogen and oxygen atoms in total. The summed E-state index contributed by atoms with van der Waals surface area (Å²) in [5.74, 6) is -0.0888. The summed E-state index contributed by atoms with van der Waals surface area (Å²) in [7, 11) is 0. The Balaban J connectivity index is 2.02. The Morgan fingerprint density at radius 3 is 2.50 bits per heavy atom. The molecule has 2 heterocycles. The van der Waals surface area contributed by atoms with Gasteiger partial charge in [-0.1, -0.05) is 6.92 Å². The number of hydrogen-bond acceptors (Lipinski definition) is 4. The van der Waals surface area contributed by atoms with Crippen molar-refractivity contribution < 1.29 is 9.59 Å². The van der Waals surface area contributed by atoms with Crippen LogP contribution in [-0.4, -0.2) is 60.0 Å². The molecule has 0 aliphatic carbocycles. The highest BCUT2D eigenvalue weighted by Gasteiger charge is 2.51. The Morgan fingerprint density at radius 1 is 1.28 bits per heavy atom. The second kappa shape index (κ2) is 5.24. The molecule has 3 amide bonds. The molecule has 0 aromatic rings. The monoisotopic (exact) mass is 254 g/mol. The lowest BCUT2D eigenvalue weighted by molar-refractivity contribution is -0.132. The van der Waals surface area contributed by atoms with E-state index in [1.165, 1.54) is 4.90 Å². The molecule has 0 bridgehead atoms. The van der Waals surface area contributed by atoms with Gasteiger partial charge >= 0.3 is 6.03 Å². The maximum Gasteiger partial charge on any atom is 0.325 e. The van der Waals surface area contributed by atoms with E-state index in [1.807, 2.05) is 0 Å². The molecule has 0 aromatic heterocycles. The Bertz CT molecular complexity index is 337. The van der Waals surface area contributed by atoms with Crippen molar-refractivity contribution >= 4 is 11.9 Å². The van der Waals surface area contributed by atoms with Gasteiger partial charge in [-0.25, -0.2) is 4.79 Å². The molecule has 0 radical (unpaired) electrons. The number of piperidine rings is 1. The Morgan fingerprint density at radius 2 is 1.94 bits per heavy atom. The molecule has 2 saturated heterocycles. The maximum absolute atomic E-state index is 12.3. The average Bonchev–Trinajstić information content (AvgIpc) is 2.58. The van der Waals surface area contributed by atoms with E-state index in [9.17, 15) is 9.59 Å². The average molecular weight is 254 g/mol. The lowest BCUT2D eigenvalue weighted by atomic mass is 9.87. The van der Waals surface area contributed by atoms with Crippen LogP contribution in [0.1, 0.15) is 26.2 Å². The summed E-state index contributed by atoms with van der Waals surface area (Å²) in [6, 6.07) is -0.283. The summed E-state index contributed by atoms with van der Waals surface area (Å²) in [6.45, 7) is 5.58. The molecule has 102 valence electrons. The minimum atomic E-state index is -0.656. The van der Waals surface area contributed by atoms with Gasteiger partial charge in [-0.2, -0.15) is 0 Å². The number of carbonyl (C=O) groups is 2. The lowest BCUT2D eigenvalue weighted by Crippen LogP contribution is -2.55. The van der Waals surface area contributed by atoms with Crippen molar-refractivity contribution in [2.24, 2.45) is 5.73 Å². The maximum atomic E-state index is 12.3. The molecule has 0 saturated carbocycles. The number of amides is 3. The zero-order valence-electron chi connectivity index (χ0n) is 10.9. The van der Waals surface area contributed by atoms with Crippen LogP contribution in [0.15, 0.2) is 0 Å². The van der Waals surface area contributed by atoms with Crippen molar-refractivity contribution in [2.75, 3.05) is 32.7 Å². The highest BCUT2D eigenvalue weighted by atomic mass is 16.2. The molecule has 18 heavy (non-hydrogen) atoms. The first-order valence-electron chi connectivity index (χ1n) is 6.69. The smallest absolute Gasteiger partial charge is 0.325 e. The number of nitrogens with two attached hydrogens (primary N) is 1. The molecule has 0 atom stereocenters. The van der Waals surface area contributed by atoms with Gasteiger partial charge in [-0.3, -0.25) is 9.69 Å². The molecule has 0 unspecified atom stereocenters. The minimum absolute atomic E-state index is 0.0888. The van der Waals surface area contributed by atoms with E-state index in [-0.39, 0.29) is 11.9 Å². The summed E-state index contributed by atoms with van der Waals surface area (Å²) in [4.78, 5) is 27.7. The number of imide groups is 1. The first-order valence-corrected chi connectivity index (χ1v) is 6.69. The van der Waals surface area contributed by atoms with Gasteiger partial charge in [0.05, 0.1) is 0 Å². The van der Waals surface area contributed by atoms with Crippen molar-refractivity contribution in [3.05, 3.63) is 0 Å². The molecule has 2 rings (SSSR count). The summed E-state index contributed by atoms with van der Waals surface area (Å²) < 4.78 is 0. The minimum Gasteiger partial charge on any atom is -0.329 e. The normalized spacial score (nSPS) is 23.8. The number of carbonyl (C=O) groups excluding carboxylic acids is 2. The third-order valence-electron chi connectivity index (χ3n) is 3.85. The van der Waals surface area contributed by atoms with Crippen LogP contribution in [0.25, 0.3) is 0 Å². The van der Waals surface area contributed by atoms with Crippen molar-refractivity contribution in [1.82, 2.24) is 15.1 Å². The zero-order valence-corrected chi connectivity index (χ0v) is 10.9. The summed E-state index contributed by atoms with van der Waals surface area (Å²) in [5.41, 5.74) is 4.77. The SMILES string of the molecule is CCCN1CCC2(CC1)NC(=O)N(CCN)C2=O. The quantitative estimate of drug-likeness (QED) is 0.678. The van der Waals surface area contributed by atoms with Gasteiger partial charge in [0.25, 0.3) is 5.91 Å². The van der Waals surface area contributed by atoms with Crippen molar-refractivity contribution in [2.45, 2.75) is 31.7 Å². The molecular weight excluding hydrogens is 232 g/mol. The van der Waals surface area contributed by atoms with Crippen molar-refractivity contribution in [3.63, 3.8) is 0 Å². The van der Waals surface area contributed by atoms with E-state index in [0.717, 1.165) is 26.1 Å². The van der Waals surface area contributed by atoms with E-state index in [4.69, 9.17) is 5.73 Å². The standard InChI is InChI=1S/C12H22N4O2/c1-2-6-15-7-3-12(4-8-15)10(17)16(9-5-13)11(18)14-12/h2-9,13H2,1H3,(H,14,18). The third-order valence-corrected chi connectivity index (χ3v) is 3.85. The third kappa shape index (κ3) is 2.22. The fraction of sp³-hybridized carbons (Fsp3) is 0.833. The fourth-order valence-corrected chi connectivity index (χ4v) is 2.82. The predicted molar refractivity (Wildman–Crippen MR) is 68.0 cm³/mol. The summed E-state index contributed by atoms with van der Waals surface area (Å²) >= 11 is 0. The van der Waals surface area contributed by atoms with Crippen LogP contribution in [0.2, 0.25) is 0 Å². The number of hydrogen-bond donors (Lipinski definition) is 2. The van der Waals surface area contributed by atoms with E-state index < -0.39 is 5.54 Å². The van der Waals surface area contributed by atoms with Crippen LogP contribution in [0, 0.1) is 0 Å². The van der Waals surface area contributed by atoms with Crippen LogP contribution in [0.4, 0.5) is 4.79 Å². The fourth-order valence-electron chi connectivity index (χ4n) is 2.82. The number of nitrogens with zero attached hydrogens (tertiary/aromatic N) is 2. The van der Waals surface area contributed by atoms with Crippen LogP contribution >= 0.6 is 0 Å². The Hall–Kier alpha value is -1.14. The van der Waals surface area contributed by atoms with Crippen molar-refractivity contribution in [3.8, 4) is 0 Å². The molecule has 6 heteroatoms.